The van der Waals surface area contributed by atoms with Crippen LogP contribution in [0.25, 0.3) is 0 Å². The summed E-state index contributed by atoms with van der Waals surface area (Å²) < 4.78 is 13.4. The molecule has 1 aromatic carbocycles. The zero-order valence-electron chi connectivity index (χ0n) is 9.67. The summed E-state index contributed by atoms with van der Waals surface area (Å²) in [5.74, 6) is 0.599. The topological polar surface area (TPSA) is 38.0 Å². The van der Waals surface area contributed by atoms with Gasteiger partial charge in [0.05, 0.1) is 0 Å². The molecule has 2 unspecified atom stereocenters. The number of halogens is 1. The van der Waals surface area contributed by atoms with Crippen LogP contribution in [0.5, 0.6) is 0 Å². The van der Waals surface area contributed by atoms with Crippen molar-refractivity contribution in [2.24, 2.45) is 5.92 Å². The molecule has 0 heterocycles. The van der Waals surface area contributed by atoms with Crippen molar-refractivity contribution in [2.45, 2.75) is 38.8 Å². The van der Waals surface area contributed by atoms with Crippen LogP contribution in [0.2, 0.25) is 0 Å². The minimum atomic E-state index is -0.208. The standard InChI is InChI=1S/C13H19FN2/c1-2-3-9-6-13(9)16-8-10-4-5-11(15)7-12(10)14/h4-5,7,9,13,16H,2-3,6,8,15H2,1H3. The molecule has 2 nitrogen and oxygen atoms in total. The lowest BCUT2D eigenvalue weighted by Crippen LogP contribution is -2.18. The van der Waals surface area contributed by atoms with Crippen molar-refractivity contribution in [1.82, 2.24) is 5.32 Å². The predicted octanol–water partition coefficient (Wildman–Crippen LogP) is 2.69. The van der Waals surface area contributed by atoms with Gasteiger partial charge in [-0.05, 0) is 30.9 Å². The number of benzene rings is 1. The number of hydrogen-bond acceptors (Lipinski definition) is 2. The number of nitrogen functional groups attached to an aromatic ring is 1. The first-order valence-electron chi connectivity index (χ1n) is 5.98. The fourth-order valence-corrected chi connectivity index (χ4v) is 2.14. The van der Waals surface area contributed by atoms with E-state index in [1.807, 2.05) is 0 Å². The maximum Gasteiger partial charge on any atom is 0.129 e. The smallest absolute Gasteiger partial charge is 0.129 e. The van der Waals surface area contributed by atoms with E-state index in [1.54, 1.807) is 12.1 Å². The third-order valence-corrected chi connectivity index (χ3v) is 3.21. The summed E-state index contributed by atoms with van der Waals surface area (Å²) in [4.78, 5) is 0. The van der Waals surface area contributed by atoms with E-state index in [-0.39, 0.29) is 5.82 Å². The van der Waals surface area contributed by atoms with Gasteiger partial charge >= 0.3 is 0 Å². The van der Waals surface area contributed by atoms with Crippen LogP contribution in [0.1, 0.15) is 31.7 Å². The molecule has 3 heteroatoms. The van der Waals surface area contributed by atoms with E-state index in [4.69, 9.17) is 5.73 Å². The quantitative estimate of drug-likeness (QED) is 0.752. The van der Waals surface area contributed by atoms with E-state index in [1.165, 1.54) is 25.3 Å². The first-order chi connectivity index (χ1) is 7.70. The fourth-order valence-electron chi connectivity index (χ4n) is 2.14. The Morgan fingerprint density at radius 3 is 3.00 bits per heavy atom. The minimum absolute atomic E-state index is 0.208. The van der Waals surface area contributed by atoms with E-state index in [9.17, 15) is 4.39 Å². The first-order valence-corrected chi connectivity index (χ1v) is 5.98. The van der Waals surface area contributed by atoms with Crippen molar-refractivity contribution in [3.8, 4) is 0 Å². The molecule has 0 amide bonds. The monoisotopic (exact) mass is 222 g/mol. The van der Waals surface area contributed by atoms with E-state index >= 15 is 0 Å². The molecule has 1 fully saturated rings. The number of nitrogens with two attached hydrogens (primary N) is 1. The second kappa shape index (κ2) is 4.83. The first kappa shape index (κ1) is 11.4. The van der Waals surface area contributed by atoms with Crippen molar-refractivity contribution >= 4 is 5.69 Å². The van der Waals surface area contributed by atoms with E-state index in [2.05, 4.69) is 12.2 Å². The molecule has 1 saturated carbocycles. The minimum Gasteiger partial charge on any atom is -0.399 e. The molecule has 16 heavy (non-hydrogen) atoms. The SMILES string of the molecule is CCCC1CC1NCc1ccc(N)cc1F. The second-order valence-electron chi connectivity index (χ2n) is 4.62. The van der Waals surface area contributed by atoms with E-state index < -0.39 is 0 Å². The zero-order chi connectivity index (χ0) is 11.5. The van der Waals surface area contributed by atoms with Gasteiger partial charge in [-0.25, -0.2) is 4.39 Å². The van der Waals surface area contributed by atoms with Gasteiger partial charge in [0, 0.05) is 23.8 Å². The summed E-state index contributed by atoms with van der Waals surface area (Å²) >= 11 is 0. The third kappa shape index (κ3) is 2.73. The van der Waals surface area contributed by atoms with Gasteiger partial charge in [0.1, 0.15) is 5.82 Å². The van der Waals surface area contributed by atoms with Gasteiger partial charge in [-0.15, -0.1) is 0 Å². The van der Waals surface area contributed by atoms with Gasteiger partial charge in [0.2, 0.25) is 0 Å². The van der Waals surface area contributed by atoms with Gasteiger partial charge in [-0.1, -0.05) is 19.4 Å². The van der Waals surface area contributed by atoms with E-state index in [0.29, 0.717) is 23.8 Å². The van der Waals surface area contributed by atoms with Crippen molar-refractivity contribution in [3.05, 3.63) is 29.6 Å². The highest BCUT2D eigenvalue weighted by atomic mass is 19.1. The molecule has 88 valence electrons. The lowest BCUT2D eigenvalue weighted by molar-refractivity contribution is 0.566. The Kier molecular flexibility index (Phi) is 3.44. The molecule has 0 bridgehead atoms. The molecule has 1 aromatic rings. The molecular weight excluding hydrogens is 203 g/mol. The molecular formula is C13H19FN2. The molecule has 1 aliphatic rings. The van der Waals surface area contributed by atoms with Crippen LogP contribution in [0.4, 0.5) is 10.1 Å². The summed E-state index contributed by atoms with van der Waals surface area (Å²) in [6, 6.07) is 5.48. The van der Waals surface area contributed by atoms with Crippen LogP contribution in [-0.2, 0) is 6.54 Å². The molecule has 2 atom stereocenters. The Morgan fingerprint density at radius 2 is 2.31 bits per heavy atom. The van der Waals surface area contributed by atoms with Crippen LogP contribution < -0.4 is 11.1 Å². The highest BCUT2D eigenvalue weighted by molar-refractivity contribution is 5.40. The Morgan fingerprint density at radius 1 is 1.50 bits per heavy atom. The molecule has 1 aliphatic carbocycles. The van der Waals surface area contributed by atoms with Crippen molar-refractivity contribution in [3.63, 3.8) is 0 Å². The zero-order valence-corrected chi connectivity index (χ0v) is 9.67. The average Bonchev–Trinajstić information content (AvgIpc) is 2.96. The molecule has 0 aromatic heterocycles. The predicted molar refractivity (Wildman–Crippen MR) is 64.5 cm³/mol. The maximum atomic E-state index is 13.4. The summed E-state index contributed by atoms with van der Waals surface area (Å²) in [5, 5.41) is 3.39. The molecule has 0 radical (unpaired) electrons. The van der Waals surface area contributed by atoms with Gasteiger partial charge in [0.25, 0.3) is 0 Å². The average molecular weight is 222 g/mol. The summed E-state index contributed by atoms with van der Waals surface area (Å²) in [6.07, 6.45) is 3.76. The lowest BCUT2D eigenvalue weighted by atomic mass is 10.2. The number of nitrogens with one attached hydrogen (secondary N) is 1. The van der Waals surface area contributed by atoms with Crippen LogP contribution >= 0.6 is 0 Å². The van der Waals surface area contributed by atoms with Gasteiger partial charge in [-0.2, -0.15) is 0 Å². The summed E-state index contributed by atoms with van der Waals surface area (Å²) in [7, 11) is 0. The van der Waals surface area contributed by atoms with Crippen LogP contribution in [0.15, 0.2) is 18.2 Å². The summed E-state index contributed by atoms with van der Waals surface area (Å²) in [6.45, 7) is 2.81. The Balaban J connectivity index is 1.82. The highest BCUT2D eigenvalue weighted by Crippen LogP contribution is 2.34. The molecule has 0 aliphatic heterocycles. The van der Waals surface area contributed by atoms with Crippen molar-refractivity contribution in [1.29, 1.82) is 0 Å². The highest BCUT2D eigenvalue weighted by Gasteiger charge is 2.35. The number of anilines is 1. The maximum absolute atomic E-state index is 13.4. The van der Waals surface area contributed by atoms with E-state index in [0.717, 1.165) is 5.92 Å². The van der Waals surface area contributed by atoms with Crippen molar-refractivity contribution < 1.29 is 4.39 Å². The van der Waals surface area contributed by atoms with Gasteiger partial charge in [0.15, 0.2) is 0 Å². The van der Waals surface area contributed by atoms with Crippen LogP contribution in [-0.4, -0.2) is 6.04 Å². The lowest BCUT2D eigenvalue weighted by Gasteiger charge is -2.06. The van der Waals surface area contributed by atoms with Crippen LogP contribution in [0, 0.1) is 11.7 Å². The molecule has 0 saturated heterocycles. The Bertz CT molecular complexity index is 365. The Labute approximate surface area is 96.0 Å². The fraction of sp³-hybridized carbons (Fsp3) is 0.538. The number of hydrogen-bond donors (Lipinski definition) is 2. The van der Waals surface area contributed by atoms with Gasteiger partial charge < -0.3 is 11.1 Å². The van der Waals surface area contributed by atoms with Gasteiger partial charge in [-0.3, -0.25) is 0 Å². The number of rotatable bonds is 5. The molecule has 0 spiro atoms. The molecule has 2 rings (SSSR count). The normalized spacial score (nSPS) is 23.4. The van der Waals surface area contributed by atoms with Crippen molar-refractivity contribution in [2.75, 3.05) is 5.73 Å². The molecule has 3 N–H and O–H groups in total. The summed E-state index contributed by atoms with van der Waals surface area (Å²) in [5.41, 5.74) is 6.68. The largest absolute Gasteiger partial charge is 0.399 e. The Hall–Kier alpha value is -1.09. The van der Waals surface area contributed by atoms with Crippen LogP contribution in [0.3, 0.4) is 0 Å². The third-order valence-electron chi connectivity index (χ3n) is 3.21. The second-order valence-corrected chi connectivity index (χ2v) is 4.62.